The van der Waals surface area contributed by atoms with Crippen molar-refractivity contribution in [2.24, 2.45) is 0 Å². The van der Waals surface area contributed by atoms with Crippen molar-refractivity contribution in [2.75, 3.05) is 5.73 Å². The summed E-state index contributed by atoms with van der Waals surface area (Å²) in [4.78, 5) is 7.55. The van der Waals surface area contributed by atoms with Crippen molar-refractivity contribution in [2.45, 2.75) is 13.8 Å². The van der Waals surface area contributed by atoms with E-state index >= 15 is 0 Å². The van der Waals surface area contributed by atoms with Gasteiger partial charge in [-0.2, -0.15) is 0 Å². The van der Waals surface area contributed by atoms with Crippen molar-refractivity contribution in [1.29, 1.82) is 0 Å². The average Bonchev–Trinajstić information content (AvgIpc) is 2.26. The van der Waals surface area contributed by atoms with E-state index in [-0.39, 0.29) is 11.6 Å². The fourth-order valence-electron chi connectivity index (χ4n) is 1.58. The SMILES string of the molecule is Cc1cccc(-c2nc(N)ncc2F)c1C. The number of nitrogens with two attached hydrogens (primary N) is 1. The molecular formula is C12H12FN3. The molecule has 0 saturated carbocycles. The van der Waals surface area contributed by atoms with Crippen LogP contribution in [-0.4, -0.2) is 9.97 Å². The molecule has 3 nitrogen and oxygen atoms in total. The number of rotatable bonds is 1. The van der Waals surface area contributed by atoms with E-state index in [9.17, 15) is 4.39 Å². The van der Waals surface area contributed by atoms with E-state index in [2.05, 4.69) is 9.97 Å². The maximum absolute atomic E-state index is 13.6. The number of hydrogen-bond donors (Lipinski definition) is 1. The molecule has 1 heterocycles. The molecule has 4 heteroatoms. The summed E-state index contributed by atoms with van der Waals surface area (Å²) in [5.74, 6) is -0.375. The molecule has 0 amide bonds. The number of halogens is 1. The van der Waals surface area contributed by atoms with Crippen molar-refractivity contribution in [3.05, 3.63) is 41.3 Å². The van der Waals surface area contributed by atoms with E-state index < -0.39 is 5.82 Å². The summed E-state index contributed by atoms with van der Waals surface area (Å²) in [7, 11) is 0. The van der Waals surface area contributed by atoms with E-state index in [1.54, 1.807) is 0 Å². The van der Waals surface area contributed by atoms with E-state index in [1.807, 2.05) is 32.0 Å². The topological polar surface area (TPSA) is 51.8 Å². The molecule has 0 atom stereocenters. The Morgan fingerprint density at radius 1 is 1.25 bits per heavy atom. The van der Waals surface area contributed by atoms with Gasteiger partial charge < -0.3 is 5.73 Å². The summed E-state index contributed by atoms with van der Waals surface area (Å²) in [6.45, 7) is 3.91. The van der Waals surface area contributed by atoms with Crippen molar-refractivity contribution in [3.8, 4) is 11.3 Å². The molecule has 0 unspecified atom stereocenters. The molecule has 0 saturated heterocycles. The molecule has 1 aromatic heterocycles. The predicted molar refractivity (Wildman–Crippen MR) is 61.3 cm³/mol. The average molecular weight is 217 g/mol. The zero-order chi connectivity index (χ0) is 11.7. The van der Waals surface area contributed by atoms with Gasteiger partial charge in [-0.05, 0) is 25.0 Å². The lowest BCUT2D eigenvalue weighted by atomic mass is 10.0. The highest BCUT2D eigenvalue weighted by molar-refractivity contribution is 5.65. The monoisotopic (exact) mass is 217 g/mol. The van der Waals surface area contributed by atoms with Crippen LogP contribution in [-0.2, 0) is 0 Å². The number of nitrogen functional groups attached to an aromatic ring is 1. The molecule has 0 aliphatic carbocycles. The second-order valence-electron chi connectivity index (χ2n) is 3.67. The van der Waals surface area contributed by atoms with Gasteiger partial charge >= 0.3 is 0 Å². The minimum absolute atomic E-state index is 0.0808. The highest BCUT2D eigenvalue weighted by Gasteiger charge is 2.11. The maximum atomic E-state index is 13.6. The van der Waals surface area contributed by atoms with Crippen molar-refractivity contribution in [3.63, 3.8) is 0 Å². The molecule has 1 aromatic carbocycles. The van der Waals surface area contributed by atoms with Crippen LogP contribution in [0, 0.1) is 19.7 Å². The molecule has 16 heavy (non-hydrogen) atoms. The van der Waals surface area contributed by atoms with Crippen LogP contribution in [0.15, 0.2) is 24.4 Å². The van der Waals surface area contributed by atoms with Crippen LogP contribution in [0.2, 0.25) is 0 Å². The number of benzene rings is 1. The fourth-order valence-corrected chi connectivity index (χ4v) is 1.58. The van der Waals surface area contributed by atoms with Crippen LogP contribution in [0.1, 0.15) is 11.1 Å². The molecule has 0 aliphatic heterocycles. The fraction of sp³-hybridized carbons (Fsp3) is 0.167. The summed E-state index contributed by atoms with van der Waals surface area (Å²) in [6, 6.07) is 5.67. The highest BCUT2D eigenvalue weighted by Crippen LogP contribution is 2.25. The number of aryl methyl sites for hydroxylation is 1. The number of hydrogen-bond acceptors (Lipinski definition) is 3. The largest absolute Gasteiger partial charge is 0.368 e. The third kappa shape index (κ3) is 1.74. The van der Waals surface area contributed by atoms with Gasteiger partial charge in [0, 0.05) is 5.56 Å². The standard InChI is InChI=1S/C12H12FN3/c1-7-4-3-5-9(8(7)2)11-10(13)6-15-12(14)16-11/h3-6H,1-2H3,(H2,14,15,16). The third-order valence-corrected chi connectivity index (χ3v) is 2.62. The van der Waals surface area contributed by atoms with Gasteiger partial charge in [-0.3, -0.25) is 0 Å². The third-order valence-electron chi connectivity index (χ3n) is 2.62. The number of anilines is 1. The van der Waals surface area contributed by atoms with Gasteiger partial charge in [-0.1, -0.05) is 18.2 Å². The second kappa shape index (κ2) is 3.89. The van der Waals surface area contributed by atoms with Gasteiger partial charge in [-0.25, -0.2) is 14.4 Å². The summed E-state index contributed by atoms with van der Waals surface area (Å²) in [5.41, 5.74) is 8.57. The first kappa shape index (κ1) is 10.5. The van der Waals surface area contributed by atoms with Gasteiger partial charge in [-0.15, -0.1) is 0 Å². The molecule has 0 radical (unpaired) electrons. The molecule has 2 rings (SSSR count). The Labute approximate surface area is 93.2 Å². The van der Waals surface area contributed by atoms with Gasteiger partial charge in [0.05, 0.1) is 6.20 Å². The zero-order valence-corrected chi connectivity index (χ0v) is 9.16. The smallest absolute Gasteiger partial charge is 0.220 e. The van der Waals surface area contributed by atoms with Crippen LogP contribution in [0.3, 0.4) is 0 Å². The van der Waals surface area contributed by atoms with Gasteiger partial charge in [0.25, 0.3) is 0 Å². The molecule has 2 aromatic rings. The van der Waals surface area contributed by atoms with E-state index in [1.165, 1.54) is 0 Å². The Hall–Kier alpha value is -1.97. The highest BCUT2D eigenvalue weighted by atomic mass is 19.1. The Kier molecular flexibility index (Phi) is 2.56. The van der Waals surface area contributed by atoms with Crippen LogP contribution < -0.4 is 5.73 Å². The Bertz CT molecular complexity index is 538. The summed E-state index contributed by atoms with van der Waals surface area (Å²) in [5, 5.41) is 0. The molecular weight excluding hydrogens is 205 g/mol. The van der Waals surface area contributed by atoms with Crippen molar-refractivity contribution >= 4 is 5.95 Å². The Morgan fingerprint density at radius 3 is 2.75 bits per heavy atom. The quantitative estimate of drug-likeness (QED) is 0.798. The molecule has 2 N–H and O–H groups in total. The van der Waals surface area contributed by atoms with Gasteiger partial charge in [0.2, 0.25) is 5.95 Å². The minimum Gasteiger partial charge on any atom is -0.368 e. The Morgan fingerprint density at radius 2 is 2.00 bits per heavy atom. The Balaban J connectivity index is 2.67. The van der Waals surface area contributed by atoms with Crippen molar-refractivity contribution in [1.82, 2.24) is 9.97 Å². The number of nitrogens with zero attached hydrogens (tertiary/aromatic N) is 2. The molecule has 0 spiro atoms. The van der Waals surface area contributed by atoms with E-state index in [0.717, 1.165) is 22.9 Å². The van der Waals surface area contributed by atoms with E-state index in [4.69, 9.17) is 5.73 Å². The normalized spacial score (nSPS) is 10.4. The molecule has 82 valence electrons. The lowest BCUT2D eigenvalue weighted by Gasteiger charge is -2.08. The summed E-state index contributed by atoms with van der Waals surface area (Å²) in [6.07, 6.45) is 1.10. The van der Waals surface area contributed by atoms with Crippen LogP contribution in [0.5, 0.6) is 0 Å². The maximum Gasteiger partial charge on any atom is 0.220 e. The van der Waals surface area contributed by atoms with Crippen LogP contribution in [0.25, 0.3) is 11.3 Å². The first-order chi connectivity index (χ1) is 7.59. The molecule has 0 bridgehead atoms. The van der Waals surface area contributed by atoms with Gasteiger partial charge in [0.15, 0.2) is 5.82 Å². The zero-order valence-electron chi connectivity index (χ0n) is 9.16. The lowest BCUT2D eigenvalue weighted by Crippen LogP contribution is -2.00. The summed E-state index contributed by atoms with van der Waals surface area (Å²) < 4.78 is 13.6. The van der Waals surface area contributed by atoms with Crippen molar-refractivity contribution < 1.29 is 4.39 Å². The molecule has 0 aliphatic rings. The van der Waals surface area contributed by atoms with E-state index in [0.29, 0.717) is 0 Å². The predicted octanol–water partition coefficient (Wildman–Crippen LogP) is 2.48. The van der Waals surface area contributed by atoms with Crippen LogP contribution in [0.4, 0.5) is 10.3 Å². The second-order valence-corrected chi connectivity index (χ2v) is 3.67. The first-order valence-corrected chi connectivity index (χ1v) is 4.94. The van der Waals surface area contributed by atoms with Crippen LogP contribution >= 0.6 is 0 Å². The lowest BCUT2D eigenvalue weighted by molar-refractivity contribution is 0.619. The summed E-state index contributed by atoms with van der Waals surface area (Å²) >= 11 is 0. The minimum atomic E-state index is -0.456. The first-order valence-electron chi connectivity index (χ1n) is 4.94. The van der Waals surface area contributed by atoms with Gasteiger partial charge in [0.1, 0.15) is 5.69 Å². The molecule has 0 fully saturated rings. The number of aromatic nitrogens is 2.